The standard InChI is InChI=1S/C15H21ClN2O3S/c1-12-10-18(8-9-22(20,21)11-12)15(19)17-7-6-13-4-2-3-5-14(13)16/h2-5,12H,6-11H2,1H3,(H,17,19)/t12-/m1/s1. The van der Waals surface area contributed by atoms with E-state index >= 15 is 0 Å². The number of halogens is 1. The fourth-order valence-electron chi connectivity index (χ4n) is 2.59. The number of benzene rings is 1. The van der Waals surface area contributed by atoms with Crippen LogP contribution in [0, 0.1) is 5.92 Å². The van der Waals surface area contributed by atoms with Gasteiger partial charge >= 0.3 is 6.03 Å². The molecule has 0 bridgehead atoms. The molecule has 2 amide bonds. The number of nitrogens with zero attached hydrogens (tertiary/aromatic N) is 1. The number of carbonyl (C=O) groups is 1. The number of hydrogen-bond donors (Lipinski definition) is 1. The molecule has 1 aliphatic heterocycles. The highest BCUT2D eigenvalue weighted by Gasteiger charge is 2.26. The molecule has 1 aliphatic rings. The van der Waals surface area contributed by atoms with E-state index < -0.39 is 9.84 Å². The van der Waals surface area contributed by atoms with Gasteiger partial charge in [-0.3, -0.25) is 0 Å². The Balaban J connectivity index is 1.86. The molecule has 0 unspecified atom stereocenters. The van der Waals surface area contributed by atoms with Gasteiger partial charge in [0.15, 0.2) is 9.84 Å². The summed E-state index contributed by atoms with van der Waals surface area (Å²) in [6.07, 6.45) is 0.646. The van der Waals surface area contributed by atoms with Crippen LogP contribution in [-0.2, 0) is 16.3 Å². The van der Waals surface area contributed by atoms with Crippen LogP contribution in [0.3, 0.4) is 0 Å². The van der Waals surface area contributed by atoms with E-state index in [1.165, 1.54) is 0 Å². The number of hydrogen-bond acceptors (Lipinski definition) is 3. The molecule has 1 N–H and O–H groups in total. The lowest BCUT2D eigenvalue weighted by Crippen LogP contribution is -2.43. The quantitative estimate of drug-likeness (QED) is 0.911. The van der Waals surface area contributed by atoms with Crippen LogP contribution in [0.1, 0.15) is 12.5 Å². The Kier molecular flexibility index (Phi) is 5.69. The number of rotatable bonds is 3. The lowest BCUT2D eigenvalue weighted by atomic mass is 10.1. The maximum atomic E-state index is 12.2. The molecule has 0 spiro atoms. The Hall–Kier alpha value is -1.27. The van der Waals surface area contributed by atoms with E-state index in [0.717, 1.165) is 5.56 Å². The average Bonchev–Trinajstić information content (AvgIpc) is 2.58. The summed E-state index contributed by atoms with van der Waals surface area (Å²) in [7, 11) is -3.04. The van der Waals surface area contributed by atoms with E-state index in [2.05, 4.69) is 5.32 Å². The summed E-state index contributed by atoms with van der Waals surface area (Å²) in [5, 5.41) is 3.52. The van der Waals surface area contributed by atoms with Crippen molar-refractivity contribution >= 4 is 27.5 Å². The second kappa shape index (κ2) is 7.33. The topological polar surface area (TPSA) is 66.5 Å². The fourth-order valence-corrected chi connectivity index (χ4v) is 4.46. The van der Waals surface area contributed by atoms with E-state index in [0.29, 0.717) is 24.5 Å². The monoisotopic (exact) mass is 344 g/mol. The summed E-state index contributed by atoms with van der Waals surface area (Å²) >= 11 is 6.07. The lowest BCUT2D eigenvalue weighted by Gasteiger charge is -2.22. The highest BCUT2D eigenvalue weighted by Crippen LogP contribution is 2.15. The van der Waals surface area contributed by atoms with Crippen molar-refractivity contribution in [3.8, 4) is 0 Å². The molecule has 0 radical (unpaired) electrons. The molecule has 22 heavy (non-hydrogen) atoms. The van der Waals surface area contributed by atoms with Crippen molar-refractivity contribution < 1.29 is 13.2 Å². The van der Waals surface area contributed by atoms with Crippen LogP contribution >= 0.6 is 11.6 Å². The van der Waals surface area contributed by atoms with E-state index in [1.807, 2.05) is 31.2 Å². The fraction of sp³-hybridized carbons (Fsp3) is 0.533. The summed E-state index contributed by atoms with van der Waals surface area (Å²) in [6.45, 7) is 3.05. The zero-order valence-corrected chi connectivity index (χ0v) is 14.2. The largest absolute Gasteiger partial charge is 0.338 e. The third kappa shape index (κ3) is 4.88. The van der Waals surface area contributed by atoms with Gasteiger partial charge in [-0.1, -0.05) is 36.7 Å². The SMILES string of the molecule is C[C@@H]1CN(C(=O)NCCc2ccccc2Cl)CCS(=O)(=O)C1. The van der Waals surface area contributed by atoms with E-state index in [1.54, 1.807) is 4.90 Å². The predicted octanol–water partition coefficient (Wildman–Crippen LogP) is 1.96. The van der Waals surface area contributed by atoms with Gasteiger partial charge in [0.25, 0.3) is 0 Å². The lowest BCUT2D eigenvalue weighted by molar-refractivity contribution is 0.196. The van der Waals surface area contributed by atoms with Crippen LogP contribution in [0.15, 0.2) is 24.3 Å². The average molecular weight is 345 g/mol. The van der Waals surface area contributed by atoms with Crippen LogP contribution in [0.2, 0.25) is 5.02 Å². The second-order valence-electron chi connectivity index (χ2n) is 5.74. The number of amides is 2. The van der Waals surface area contributed by atoms with Gasteiger partial charge in [0.1, 0.15) is 0 Å². The molecular formula is C15H21ClN2O3S. The van der Waals surface area contributed by atoms with Crippen molar-refractivity contribution in [2.24, 2.45) is 5.92 Å². The third-order valence-electron chi connectivity index (χ3n) is 3.66. The molecule has 7 heteroatoms. The smallest absolute Gasteiger partial charge is 0.317 e. The van der Waals surface area contributed by atoms with Crippen molar-refractivity contribution in [1.29, 1.82) is 0 Å². The normalized spacial score (nSPS) is 21.2. The Morgan fingerprint density at radius 1 is 1.41 bits per heavy atom. The minimum absolute atomic E-state index is 0.0370. The molecule has 1 fully saturated rings. The van der Waals surface area contributed by atoms with Crippen molar-refractivity contribution in [2.75, 3.05) is 31.1 Å². The van der Waals surface area contributed by atoms with Gasteiger partial charge in [0.2, 0.25) is 0 Å². The van der Waals surface area contributed by atoms with Crippen LogP contribution in [0.5, 0.6) is 0 Å². The van der Waals surface area contributed by atoms with Gasteiger partial charge in [-0.2, -0.15) is 0 Å². The second-order valence-corrected chi connectivity index (χ2v) is 8.37. The molecule has 122 valence electrons. The first-order valence-electron chi connectivity index (χ1n) is 7.34. The Morgan fingerprint density at radius 2 is 2.14 bits per heavy atom. The molecule has 5 nitrogen and oxygen atoms in total. The van der Waals surface area contributed by atoms with Crippen molar-refractivity contribution in [1.82, 2.24) is 10.2 Å². The predicted molar refractivity (Wildman–Crippen MR) is 87.9 cm³/mol. The van der Waals surface area contributed by atoms with E-state index in [-0.39, 0.29) is 30.0 Å². The van der Waals surface area contributed by atoms with Gasteiger partial charge in [-0.05, 0) is 24.0 Å². The summed E-state index contributed by atoms with van der Waals surface area (Å²) in [6, 6.07) is 7.30. The van der Waals surface area contributed by atoms with Crippen molar-refractivity contribution in [2.45, 2.75) is 13.3 Å². The highest BCUT2D eigenvalue weighted by molar-refractivity contribution is 7.91. The van der Waals surface area contributed by atoms with E-state index in [4.69, 9.17) is 11.6 Å². The van der Waals surface area contributed by atoms with Gasteiger partial charge in [0.05, 0.1) is 11.5 Å². The molecule has 1 heterocycles. The van der Waals surface area contributed by atoms with Crippen LogP contribution < -0.4 is 5.32 Å². The zero-order chi connectivity index (χ0) is 16.2. The molecule has 1 aromatic carbocycles. The Bertz CT molecular complexity index is 633. The van der Waals surface area contributed by atoms with Crippen LogP contribution in [0.4, 0.5) is 4.79 Å². The molecule has 0 aromatic heterocycles. The molecule has 0 saturated carbocycles. The van der Waals surface area contributed by atoms with Crippen LogP contribution in [-0.4, -0.2) is 50.5 Å². The van der Waals surface area contributed by atoms with E-state index in [9.17, 15) is 13.2 Å². The minimum Gasteiger partial charge on any atom is -0.338 e. The highest BCUT2D eigenvalue weighted by atomic mass is 35.5. The van der Waals surface area contributed by atoms with Gasteiger partial charge in [-0.25, -0.2) is 13.2 Å². The third-order valence-corrected chi connectivity index (χ3v) is 5.91. The van der Waals surface area contributed by atoms with Crippen molar-refractivity contribution in [3.63, 3.8) is 0 Å². The van der Waals surface area contributed by atoms with Gasteiger partial charge in [-0.15, -0.1) is 0 Å². The first-order chi connectivity index (χ1) is 10.4. The van der Waals surface area contributed by atoms with Gasteiger partial charge < -0.3 is 10.2 Å². The molecule has 0 aliphatic carbocycles. The van der Waals surface area contributed by atoms with Crippen LogP contribution in [0.25, 0.3) is 0 Å². The Labute approximate surface area is 136 Å². The zero-order valence-electron chi connectivity index (χ0n) is 12.6. The first kappa shape index (κ1) is 17.1. The number of nitrogens with one attached hydrogen (secondary N) is 1. The molecular weight excluding hydrogens is 324 g/mol. The molecule has 1 atom stereocenters. The maximum absolute atomic E-state index is 12.2. The number of carbonyl (C=O) groups excluding carboxylic acids is 1. The first-order valence-corrected chi connectivity index (χ1v) is 9.54. The summed E-state index contributed by atoms with van der Waals surface area (Å²) < 4.78 is 23.4. The summed E-state index contributed by atoms with van der Waals surface area (Å²) in [5.41, 5.74) is 0.983. The summed E-state index contributed by atoms with van der Waals surface area (Å²) in [5.74, 6) is 0.146. The number of sulfone groups is 1. The number of urea groups is 1. The van der Waals surface area contributed by atoms with Crippen molar-refractivity contribution in [3.05, 3.63) is 34.9 Å². The maximum Gasteiger partial charge on any atom is 0.317 e. The molecule has 2 rings (SSSR count). The minimum atomic E-state index is -3.04. The van der Waals surface area contributed by atoms with Gasteiger partial charge in [0, 0.05) is 24.7 Å². The summed E-state index contributed by atoms with van der Waals surface area (Å²) in [4.78, 5) is 13.8. The molecule has 1 saturated heterocycles. The Morgan fingerprint density at radius 3 is 2.86 bits per heavy atom. The molecule has 1 aromatic rings.